The summed E-state index contributed by atoms with van der Waals surface area (Å²) in [7, 11) is 1.46. The molecular formula is C20H16ClN3O6. The number of methoxy groups -OCH3 is 1. The molecule has 0 spiro atoms. The Kier molecular flexibility index (Phi) is 6.66. The van der Waals surface area contributed by atoms with Crippen molar-refractivity contribution in [3.63, 3.8) is 0 Å². The summed E-state index contributed by atoms with van der Waals surface area (Å²) in [6, 6.07) is 14.0. The molecule has 0 radical (unpaired) electrons. The van der Waals surface area contributed by atoms with Crippen LogP contribution in [0.3, 0.4) is 0 Å². The van der Waals surface area contributed by atoms with E-state index in [0.29, 0.717) is 33.6 Å². The molecule has 3 rings (SSSR count). The third-order valence-electron chi connectivity index (χ3n) is 3.85. The third-order valence-corrected chi connectivity index (χ3v) is 4.10. The van der Waals surface area contributed by atoms with E-state index < -0.39 is 10.8 Å². The maximum Gasteiger partial charge on any atom is 0.277 e. The first kappa shape index (κ1) is 20.9. The first-order valence-corrected chi connectivity index (χ1v) is 8.97. The SMILES string of the molecule is COc1ccc([N+](=O)[O-])cc1-c1ccc(/C=N\NC(=O)COc2ccc(Cl)cc2)o1. The van der Waals surface area contributed by atoms with Crippen molar-refractivity contribution < 1.29 is 23.6 Å². The highest BCUT2D eigenvalue weighted by molar-refractivity contribution is 6.30. The number of carbonyl (C=O) groups excluding carboxylic acids is 1. The molecule has 1 amide bonds. The van der Waals surface area contributed by atoms with Crippen LogP contribution in [0.2, 0.25) is 5.02 Å². The second-order valence-corrected chi connectivity index (χ2v) is 6.32. The van der Waals surface area contributed by atoms with E-state index in [0.717, 1.165) is 0 Å². The Labute approximate surface area is 176 Å². The van der Waals surface area contributed by atoms with Crippen LogP contribution in [0.15, 0.2) is 64.1 Å². The summed E-state index contributed by atoms with van der Waals surface area (Å²) in [6.07, 6.45) is 1.30. The lowest BCUT2D eigenvalue weighted by Gasteiger charge is -2.05. The summed E-state index contributed by atoms with van der Waals surface area (Å²) in [4.78, 5) is 22.3. The van der Waals surface area contributed by atoms with Crippen LogP contribution in [0.1, 0.15) is 5.76 Å². The Balaban J connectivity index is 1.60. The number of carbonyl (C=O) groups is 1. The predicted octanol–water partition coefficient (Wildman–Crippen LogP) is 4.05. The quantitative estimate of drug-likeness (QED) is 0.328. The van der Waals surface area contributed by atoms with Gasteiger partial charge in [0.25, 0.3) is 11.6 Å². The number of hydrogen-bond donors (Lipinski definition) is 1. The van der Waals surface area contributed by atoms with Gasteiger partial charge in [-0.25, -0.2) is 5.43 Å². The molecule has 0 aliphatic carbocycles. The van der Waals surface area contributed by atoms with E-state index in [1.807, 2.05) is 0 Å². The summed E-state index contributed by atoms with van der Waals surface area (Å²) in [5.41, 5.74) is 2.64. The second kappa shape index (κ2) is 9.57. The number of ether oxygens (including phenoxy) is 2. The average molecular weight is 430 g/mol. The summed E-state index contributed by atoms with van der Waals surface area (Å²) in [6.45, 7) is -0.229. The Morgan fingerprint density at radius 2 is 2.00 bits per heavy atom. The van der Waals surface area contributed by atoms with Crippen LogP contribution in [-0.2, 0) is 4.79 Å². The number of nitrogens with one attached hydrogen (secondary N) is 1. The molecule has 0 bridgehead atoms. The molecule has 0 fully saturated rings. The molecule has 30 heavy (non-hydrogen) atoms. The fourth-order valence-corrected chi connectivity index (χ4v) is 2.57. The normalized spacial score (nSPS) is 10.7. The standard InChI is InChI=1S/C20H16ClN3O6/c1-28-18-8-4-14(24(26)27)10-17(18)19-9-7-16(30-19)11-22-23-20(25)12-29-15-5-2-13(21)3-6-15/h2-11H,12H2,1H3,(H,23,25)/b22-11-. The number of nitro groups is 1. The number of halogens is 1. The molecule has 10 heteroatoms. The Morgan fingerprint density at radius 1 is 1.23 bits per heavy atom. The van der Waals surface area contributed by atoms with Crippen LogP contribution in [0.25, 0.3) is 11.3 Å². The van der Waals surface area contributed by atoms with Crippen molar-refractivity contribution >= 4 is 29.4 Å². The molecule has 1 N–H and O–H groups in total. The number of hydrazone groups is 1. The van der Waals surface area contributed by atoms with Gasteiger partial charge in [0.15, 0.2) is 6.61 Å². The molecule has 2 aromatic carbocycles. The van der Waals surface area contributed by atoms with Gasteiger partial charge in [-0.2, -0.15) is 5.10 Å². The van der Waals surface area contributed by atoms with E-state index >= 15 is 0 Å². The van der Waals surface area contributed by atoms with Crippen LogP contribution < -0.4 is 14.9 Å². The van der Waals surface area contributed by atoms with Crippen molar-refractivity contribution in [1.29, 1.82) is 0 Å². The zero-order valence-electron chi connectivity index (χ0n) is 15.7. The summed E-state index contributed by atoms with van der Waals surface area (Å²) in [5.74, 6) is 1.14. The van der Waals surface area contributed by atoms with Crippen LogP contribution in [-0.4, -0.2) is 30.8 Å². The minimum absolute atomic E-state index is 0.0923. The topological polar surface area (TPSA) is 116 Å². The number of non-ortho nitro benzene ring substituents is 1. The average Bonchev–Trinajstić information content (AvgIpc) is 3.21. The Morgan fingerprint density at radius 3 is 2.70 bits per heavy atom. The monoisotopic (exact) mass is 429 g/mol. The van der Waals surface area contributed by atoms with Crippen molar-refractivity contribution in [2.24, 2.45) is 5.10 Å². The highest BCUT2D eigenvalue weighted by atomic mass is 35.5. The maximum atomic E-state index is 11.8. The summed E-state index contributed by atoms with van der Waals surface area (Å²) >= 11 is 5.78. The van der Waals surface area contributed by atoms with E-state index in [1.54, 1.807) is 36.4 Å². The van der Waals surface area contributed by atoms with Crippen LogP contribution in [0.5, 0.6) is 11.5 Å². The van der Waals surface area contributed by atoms with Crippen molar-refractivity contribution in [3.8, 4) is 22.8 Å². The number of furan rings is 1. The van der Waals surface area contributed by atoms with Gasteiger partial charge < -0.3 is 13.9 Å². The minimum Gasteiger partial charge on any atom is -0.496 e. The van der Waals surface area contributed by atoms with Crippen LogP contribution in [0, 0.1) is 10.1 Å². The van der Waals surface area contributed by atoms with Crippen molar-refractivity contribution in [2.75, 3.05) is 13.7 Å². The molecule has 0 unspecified atom stereocenters. The molecule has 1 heterocycles. The minimum atomic E-state index is -0.504. The molecule has 0 saturated heterocycles. The van der Waals surface area contributed by atoms with Gasteiger partial charge >= 0.3 is 0 Å². The highest BCUT2D eigenvalue weighted by Crippen LogP contribution is 2.34. The molecule has 0 atom stereocenters. The highest BCUT2D eigenvalue weighted by Gasteiger charge is 2.15. The first-order valence-electron chi connectivity index (χ1n) is 8.59. The number of nitro benzene ring substituents is 1. The Hall–Kier alpha value is -3.85. The lowest BCUT2D eigenvalue weighted by atomic mass is 10.1. The smallest absolute Gasteiger partial charge is 0.277 e. The van der Waals surface area contributed by atoms with Crippen LogP contribution >= 0.6 is 11.6 Å². The number of benzene rings is 2. The van der Waals surface area contributed by atoms with E-state index in [-0.39, 0.29) is 12.3 Å². The molecule has 1 aromatic heterocycles. The lowest BCUT2D eigenvalue weighted by Crippen LogP contribution is -2.24. The molecule has 9 nitrogen and oxygen atoms in total. The molecule has 0 aliphatic rings. The zero-order valence-corrected chi connectivity index (χ0v) is 16.5. The van der Waals surface area contributed by atoms with E-state index in [1.165, 1.54) is 31.5 Å². The van der Waals surface area contributed by atoms with Gasteiger partial charge in [0, 0.05) is 17.2 Å². The molecular weight excluding hydrogens is 414 g/mol. The predicted molar refractivity (Wildman–Crippen MR) is 110 cm³/mol. The molecule has 154 valence electrons. The number of rotatable bonds is 8. The number of nitrogens with zero attached hydrogens (tertiary/aromatic N) is 2. The number of amides is 1. The maximum absolute atomic E-state index is 11.8. The van der Waals surface area contributed by atoms with Crippen molar-refractivity contribution in [2.45, 2.75) is 0 Å². The fourth-order valence-electron chi connectivity index (χ4n) is 2.45. The Bertz CT molecular complexity index is 1080. The van der Waals surface area contributed by atoms with Gasteiger partial charge in [-0.1, -0.05) is 11.6 Å². The number of hydrogen-bond acceptors (Lipinski definition) is 7. The van der Waals surface area contributed by atoms with Crippen LogP contribution in [0.4, 0.5) is 5.69 Å². The van der Waals surface area contributed by atoms with E-state index in [9.17, 15) is 14.9 Å². The van der Waals surface area contributed by atoms with Gasteiger partial charge in [-0.3, -0.25) is 14.9 Å². The third kappa shape index (κ3) is 5.36. The second-order valence-electron chi connectivity index (χ2n) is 5.88. The largest absolute Gasteiger partial charge is 0.496 e. The first-order chi connectivity index (χ1) is 14.5. The van der Waals surface area contributed by atoms with E-state index in [2.05, 4.69) is 10.5 Å². The van der Waals surface area contributed by atoms with Crippen molar-refractivity contribution in [3.05, 3.63) is 75.5 Å². The summed E-state index contributed by atoms with van der Waals surface area (Å²) in [5, 5.41) is 15.4. The van der Waals surface area contributed by atoms with Gasteiger partial charge in [-0.15, -0.1) is 0 Å². The van der Waals surface area contributed by atoms with Gasteiger partial charge in [-0.05, 0) is 42.5 Å². The zero-order chi connectivity index (χ0) is 21.5. The fraction of sp³-hybridized carbons (Fsp3) is 0.100. The summed E-state index contributed by atoms with van der Waals surface area (Å²) < 4.78 is 16.2. The van der Waals surface area contributed by atoms with Gasteiger partial charge in [0.1, 0.15) is 23.0 Å². The molecule has 0 aliphatic heterocycles. The molecule has 0 saturated carbocycles. The lowest BCUT2D eigenvalue weighted by molar-refractivity contribution is -0.384. The van der Waals surface area contributed by atoms with Gasteiger partial charge in [0.05, 0.1) is 23.8 Å². The van der Waals surface area contributed by atoms with Crippen molar-refractivity contribution in [1.82, 2.24) is 5.43 Å². The van der Waals surface area contributed by atoms with E-state index in [4.69, 9.17) is 25.5 Å². The van der Waals surface area contributed by atoms with Gasteiger partial charge in [0.2, 0.25) is 0 Å². The molecule has 3 aromatic rings.